The molecular formula is C14H14Br2Cl2N2O2. The molecule has 2 rings (SSSR count). The summed E-state index contributed by atoms with van der Waals surface area (Å²) in [6.07, 6.45) is 0. The lowest BCUT2D eigenvalue weighted by atomic mass is 10.3. The van der Waals surface area contributed by atoms with Gasteiger partial charge < -0.3 is 20.9 Å². The van der Waals surface area contributed by atoms with Crippen molar-refractivity contribution in [2.24, 2.45) is 0 Å². The zero-order chi connectivity index (χ0) is 16.9. The summed E-state index contributed by atoms with van der Waals surface area (Å²) in [7, 11) is 3.06. The molecule has 4 N–H and O–H groups in total. The number of methoxy groups -OCH3 is 2. The van der Waals surface area contributed by atoms with Gasteiger partial charge in [-0.15, -0.1) is 0 Å². The summed E-state index contributed by atoms with van der Waals surface area (Å²) in [5.41, 5.74) is 12.4. The van der Waals surface area contributed by atoms with Crippen LogP contribution in [0.2, 0.25) is 10.0 Å². The molecule has 22 heavy (non-hydrogen) atoms. The minimum Gasteiger partial charge on any atom is -0.494 e. The van der Waals surface area contributed by atoms with Gasteiger partial charge in [-0.3, -0.25) is 0 Å². The predicted octanol–water partition coefficient (Wildman–Crippen LogP) is 5.39. The van der Waals surface area contributed by atoms with Crippen molar-refractivity contribution in [3.05, 3.63) is 43.3 Å². The van der Waals surface area contributed by atoms with Gasteiger partial charge in [0.25, 0.3) is 0 Å². The van der Waals surface area contributed by atoms with E-state index in [1.54, 1.807) is 24.3 Å². The van der Waals surface area contributed by atoms with E-state index < -0.39 is 0 Å². The highest BCUT2D eigenvalue weighted by Crippen LogP contribution is 2.34. The van der Waals surface area contributed by atoms with Crippen molar-refractivity contribution < 1.29 is 9.47 Å². The number of nitrogen functional groups attached to an aromatic ring is 2. The Morgan fingerprint density at radius 1 is 0.773 bits per heavy atom. The maximum absolute atomic E-state index is 5.76. The van der Waals surface area contributed by atoms with E-state index in [-0.39, 0.29) is 0 Å². The molecule has 0 saturated carbocycles. The van der Waals surface area contributed by atoms with E-state index >= 15 is 0 Å². The van der Waals surface area contributed by atoms with Crippen LogP contribution in [0.1, 0.15) is 0 Å². The summed E-state index contributed by atoms with van der Waals surface area (Å²) in [5, 5.41) is 1.20. The highest BCUT2D eigenvalue weighted by Gasteiger charge is 2.07. The first-order valence-corrected chi connectivity index (χ1v) is 8.21. The summed E-state index contributed by atoms with van der Waals surface area (Å²) in [5.74, 6) is 1.05. The topological polar surface area (TPSA) is 70.5 Å². The number of halogens is 4. The number of benzene rings is 2. The van der Waals surface area contributed by atoms with Crippen molar-refractivity contribution in [3.8, 4) is 11.5 Å². The summed E-state index contributed by atoms with van der Waals surface area (Å²) < 4.78 is 11.6. The molecule has 0 aliphatic carbocycles. The normalized spacial score (nSPS) is 9.73. The predicted molar refractivity (Wildman–Crippen MR) is 100 cm³/mol. The first kappa shape index (κ1) is 19.2. The maximum atomic E-state index is 5.76. The summed E-state index contributed by atoms with van der Waals surface area (Å²) in [4.78, 5) is 0. The fourth-order valence-corrected chi connectivity index (χ4v) is 3.33. The summed E-state index contributed by atoms with van der Waals surface area (Å²) in [6, 6.07) is 6.78. The van der Waals surface area contributed by atoms with E-state index in [4.69, 9.17) is 44.1 Å². The van der Waals surface area contributed by atoms with E-state index in [9.17, 15) is 0 Å². The van der Waals surface area contributed by atoms with Gasteiger partial charge in [0.1, 0.15) is 17.2 Å². The van der Waals surface area contributed by atoms with E-state index in [0.29, 0.717) is 32.9 Å². The molecule has 0 fully saturated rings. The van der Waals surface area contributed by atoms with Crippen molar-refractivity contribution in [1.82, 2.24) is 0 Å². The molecule has 2 aromatic rings. The molecule has 0 unspecified atom stereocenters. The number of hydrogen-bond acceptors (Lipinski definition) is 4. The Hall–Kier alpha value is -0.820. The average Bonchev–Trinajstić information content (AvgIpc) is 2.47. The lowest BCUT2D eigenvalue weighted by molar-refractivity contribution is 0.398. The third-order valence-electron chi connectivity index (χ3n) is 2.55. The van der Waals surface area contributed by atoms with Crippen molar-refractivity contribution in [2.75, 3.05) is 25.7 Å². The highest BCUT2D eigenvalue weighted by atomic mass is 79.9. The van der Waals surface area contributed by atoms with Gasteiger partial charge in [0.15, 0.2) is 0 Å². The van der Waals surface area contributed by atoms with Crippen LogP contribution in [0.4, 0.5) is 11.4 Å². The van der Waals surface area contributed by atoms with Crippen molar-refractivity contribution >= 4 is 66.4 Å². The van der Waals surface area contributed by atoms with E-state index in [2.05, 4.69) is 31.9 Å². The molecule has 120 valence electrons. The van der Waals surface area contributed by atoms with Crippen molar-refractivity contribution in [3.63, 3.8) is 0 Å². The molecule has 0 aliphatic heterocycles. The van der Waals surface area contributed by atoms with Gasteiger partial charge in [0.2, 0.25) is 0 Å². The minimum absolute atomic E-state index is 0.462. The van der Waals surface area contributed by atoms with Crippen LogP contribution in [0, 0.1) is 0 Å². The highest BCUT2D eigenvalue weighted by molar-refractivity contribution is 9.11. The first-order valence-electron chi connectivity index (χ1n) is 5.87. The van der Waals surface area contributed by atoms with Gasteiger partial charge >= 0.3 is 0 Å². The van der Waals surface area contributed by atoms with E-state index in [1.165, 1.54) is 14.2 Å². The second-order valence-electron chi connectivity index (χ2n) is 4.01. The van der Waals surface area contributed by atoms with Gasteiger partial charge in [0.05, 0.1) is 19.9 Å². The largest absolute Gasteiger partial charge is 0.494 e. The quantitative estimate of drug-likeness (QED) is 0.575. The number of ether oxygens (including phenoxy) is 2. The van der Waals surface area contributed by atoms with Crippen LogP contribution in [-0.2, 0) is 0 Å². The smallest absolute Gasteiger partial charge is 0.147 e. The summed E-state index contributed by atoms with van der Waals surface area (Å²) in [6.45, 7) is 0. The fraction of sp³-hybridized carbons (Fsp3) is 0.143. The molecule has 0 saturated heterocycles. The lowest BCUT2D eigenvalue weighted by Crippen LogP contribution is -1.96. The Balaban J connectivity index is 0.000000224. The molecule has 0 heterocycles. The van der Waals surface area contributed by atoms with Crippen molar-refractivity contribution in [1.29, 1.82) is 0 Å². The third-order valence-corrected chi connectivity index (χ3v) is 4.30. The van der Waals surface area contributed by atoms with Crippen molar-refractivity contribution in [2.45, 2.75) is 0 Å². The molecule has 0 radical (unpaired) electrons. The average molecular weight is 473 g/mol. The van der Waals surface area contributed by atoms with Gasteiger partial charge in [-0.2, -0.15) is 0 Å². The fourth-order valence-electron chi connectivity index (χ4n) is 1.46. The van der Waals surface area contributed by atoms with Crippen LogP contribution >= 0.6 is 55.1 Å². The van der Waals surface area contributed by atoms with Crippen LogP contribution in [0.15, 0.2) is 33.2 Å². The summed E-state index contributed by atoms with van der Waals surface area (Å²) >= 11 is 18.0. The van der Waals surface area contributed by atoms with Crippen LogP contribution in [0.5, 0.6) is 11.5 Å². The van der Waals surface area contributed by atoms with Crippen LogP contribution in [-0.4, -0.2) is 14.2 Å². The molecule has 0 amide bonds. The van der Waals surface area contributed by atoms with Gasteiger partial charge in [-0.05, 0) is 44.0 Å². The van der Waals surface area contributed by atoms with E-state index in [1.807, 2.05) is 0 Å². The molecular weight excluding hydrogens is 459 g/mol. The Bertz CT molecular complexity index is 621. The van der Waals surface area contributed by atoms with E-state index in [0.717, 1.165) is 8.95 Å². The zero-order valence-electron chi connectivity index (χ0n) is 11.8. The molecule has 0 bridgehead atoms. The number of hydrogen-bond donors (Lipinski definition) is 2. The Morgan fingerprint density at radius 2 is 1.14 bits per heavy atom. The standard InChI is InChI=1S/C8H10ClNO2.C6H4Br2ClN/c1-11-6-3-5(9)4-7(12-2)8(6)10;7-4-1-3(9)2-5(8)6(4)10/h3-4H,10H2,1-2H3;1-2H,10H2. The van der Waals surface area contributed by atoms with Gasteiger partial charge in [-0.25, -0.2) is 0 Å². The molecule has 4 nitrogen and oxygen atoms in total. The molecule has 8 heteroatoms. The Labute approximate surface area is 155 Å². The molecule has 0 spiro atoms. The number of anilines is 2. The second kappa shape index (κ2) is 8.72. The first-order chi connectivity index (χ1) is 10.3. The molecule has 2 aromatic carbocycles. The number of rotatable bonds is 2. The molecule has 0 aliphatic rings. The zero-order valence-corrected chi connectivity index (χ0v) is 16.5. The minimum atomic E-state index is 0.462. The SMILES string of the molecule is COc1cc(Cl)cc(OC)c1N.Nc1c(Br)cc(Cl)cc1Br. The molecule has 0 atom stereocenters. The second-order valence-corrected chi connectivity index (χ2v) is 6.59. The Kier molecular flexibility index (Phi) is 7.62. The monoisotopic (exact) mass is 470 g/mol. The van der Waals surface area contributed by atoms with Gasteiger partial charge in [0, 0.05) is 31.1 Å². The van der Waals surface area contributed by atoms with Gasteiger partial charge in [-0.1, -0.05) is 23.2 Å². The lowest BCUT2D eigenvalue weighted by Gasteiger charge is -2.09. The number of nitrogens with two attached hydrogens (primary N) is 2. The maximum Gasteiger partial charge on any atom is 0.147 e. The Morgan fingerprint density at radius 3 is 1.50 bits per heavy atom. The van der Waals surface area contributed by atoms with Crippen LogP contribution in [0.25, 0.3) is 0 Å². The van der Waals surface area contributed by atoms with Crippen LogP contribution < -0.4 is 20.9 Å². The van der Waals surface area contributed by atoms with Crippen LogP contribution in [0.3, 0.4) is 0 Å². The third kappa shape index (κ3) is 5.12. The molecule has 0 aromatic heterocycles.